The van der Waals surface area contributed by atoms with E-state index in [-0.39, 0.29) is 0 Å². The van der Waals surface area contributed by atoms with Crippen LogP contribution in [0, 0.1) is 11.3 Å². The third kappa shape index (κ3) is 4.09. The van der Waals surface area contributed by atoms with Gasteiger partial charge in [0.05, 0.1) is 17.0 Å². The van der Waals surface area contributed by atoms with E-state index >= 15 is 0 Å². The van der Waals surface area contributed by atoms with E-state index in [1.807, 2.05) is 78.5 Å². The Morgan fingerprint density at radius 1 is 0.460 bits per heavy atom. The molecule has 0 atom stereocenters. The van der Waals surface area contributed by atoms with E-state index in [1.54, 1.807) is 0 Å². The Morgan fingerprint density at radius 2 is 1.00 bits per heavy atom. The second-order valence-corrected chi connectivity index (χ2v) is 13.7. The molecule has 5 heteroatoms. The fraction of sp³-hybridized carbons (Fsp3) is 0.0222. The Labute approximate surface area is 293 Å². The summed E-state index contributed by atoms with van der Waals surface area (Å²) in [6.07, 6.45) is 0. The maximum absolute atomic E-state index is 10.2. The molecular weight excluding hydrogens is 629 g/mol. The van der Waals surface area contributed by atoms with Crippen LogP contribution in [0.1, 0.15) is 27.8 Å². The topological polar surface area (TPSA) is 62.5 Å². The first-order chi connectivity index (χ1) is 24.7. The predicted molar refractivity (Wildman–Crippen MR) is 200 cm³/mol. The number of hydrogen-bond donors (Lipinski definition) is 0. The molecule has 0 unspecified atom stereocenters. The van der Waals surface area contributed by atoms with Crippen LogP contribution < -0.4 is 0 Å². The van der Waals surface area contributed by atoms with Crippen LogP contribution in [0.5, 0.6) is 0 Å². The van der Waals surface area contributed by atoms with E-state index in [0.717, 1.165) is 38.6 Å². The molecule has 10 rings (SSSR count). The van der Waals surface area contributed by atoms with Gasteiger partial charge in [-0.2, -0.15) is 5.26 Å². The summed E-state index contributed by atoms with van der Waals surface area (Å²) in [6.45, 7) is 0. The molecule has 8 aromatic rings. The van der Waals surface area contributed by atoms with Gasteiger partial charge in [0.1, 0.15) is 0 Å². The van der Waals surface area contributed by atoms with Crippen molar-refractivity contribution in [2.24, 2.45) is 0 Å². The number of hydrogen-bond acceptors (Lipinski definition) is 5. The lowest BCUT2D eigenvalue weighted by Gasteiger charge is -2.39. The van der Waals surface area contributed by atoms with Gasteiger partial charge in [-0.15, -0.1) is 0 Å². The van der Waals surface area contributed by atoms with Gasteiger partial charge in [0.25, 0.3) is 0 Å². The Balaban J connectivity index is 1.36. The van der Waals surface area contributed by atoms with Crippen molar-refractivity contribution in [1.29, 1.82) is 5.26 Å². The summed E-state index contributed by atoms with van der Waals surface area (Å²) < 4.78 is 0. The van der Waals surface area contributed by atoms with E-state index in [2.05, 4.69) is 97.1 Å². The van der Waals surface area contributed by atoms with Crippen molar-refractivity contribution < 1.29 is 0 Å². The molecule has 1 aliphatic heterocycles. The standard InChI is InChI=1S/C45H26N4S/c46-27-28-23-24-33-37(25-28)45(35-19-9-11-21-39(35)50-40-22-12-10-20-36(40)45)38-26-34(31-17-7-8-18-32(31)41(33)38)44-48-42(29-13-3-1-4-14-29)47-43(49-44)30-15-5-2-6-16-30/h1-26H. The highest BCUT2D eigenvalue weighted by Crippen LogP contribution is 2.63. The minimum absolute atomic E-state index is 0.618. The van der Waals surface area contributed by atoms with Gasteiger partial charge in [0.15, 0.2) is 17.5 Å². The highest BCUT2D eigenvalue weighted by atomic mass is 32.2. The van der Waals surface area contributed by atoms with Crippen molar-refractivity contribution in [1.82, 2.24) is 15.0 Å². The van der Waals surface area contributed by atoms with E-state index in [0.29, 0.717) is 23.0 Å². The van der Waals surface area contributed by atoms with E-state index < -0.39 is 5.41 Å². The summed E-state index contributed by atoms with van der Waals surface area (Å²) in [5.41, 5.74) is 9.83. The number of aromatic nitrogens is 3. The van der Waals surface area contributed by atoms with E-state index in [4.69, 9.17) is 15.0 Å². The lowest BCUT2D eigenvalue weighted by Crippen LogP contribution is -2.32. The van der Waals surface area contributed by atoms with Crippen molar-refractivity contribution in [2.45, 2.75) is 15.2 Å². The number of nitriles is 1. The van der Waals surface area contributed by atoms with Crippen LogP contribution in [-0.4, -0.2) is 15.0 Å². The molecule has 0 amide bonds. The van der Waals surface area contributed by atoms with Crippen molar-refractivity contribution in [2.75, 3.05) is 0 Å². The molecule has 0 saturated heterocycles. The normalized spacial score (nSPS) is 13.3. The third-order valence-electron chi connectivity index (χ3n) is 10.0. The molecule has 0 N–H and O–H groups in total. The van der Waals surface area contributed by atoms with Crippen LogP contribution in [0.15, 0.2) is 168 Å². The van der Waals surface area contributed by atoms with Gasteiger partial charge >= 0.3 is 0 Å². The zero-order valence-corrected chi connectivity index (χ0v) is 27.5. The van der Waals surface area contributed by atoms with Gasteiger partial charge in [-0.1, -0.05) is 139 Å². The van der Waals surface area contributed by atoms with E-state index in [9.17, 15) is 5.26 Å². The molecule has 2 heterocycles. The fourth-order valence-electron chi connectivity index (χ4n) is 7.94. The van der Waals surface area contributed by atoms with Crippen LogP contribution in [0.25, 0.3) is 56.1 Å². The first-order valence-corrected chi connectivity index (χ1v) is 17.4. The first-order valence-electron chi connectivity index (χ1n) is 16.6. The van der Waals surface area contributed by atoms with Gasteiger partial charge in [0.2, 0.25) is 0 Å². The predicted octanol–water partition coefficient (Wildman–Crippen LogP) is 10.7. The number of nitrogens with zero attached hydrogens (tertiary/aromatic N) is 4. The lowest BCUT2D eigenvalue weighted by molar-refractivity contribution is 0.722. The average molecular weight is 655 g/mol. The molecule has 1 aromatic heterocycles. The number of fused-ring (bicyclic) bond motifs is 11. The quantitative estimate of drug-likeness (QED) is 0.190. The smallest absolute Gasteiger partial charge is 0.164 e. The largest absolute Gasteiger partial charge is 0.208 e. The first kappa shape index (κ1) is 28.6. The Hall–Kier alpha value is -6.35. The Morgan fingerprint density at radius 3 is 1.62 bits per heavy atom. The van der Waals surface area contributed by atoms with Crippen LogP contribution >= 0.6 is 11.8 Å². The summed E-state index contributed by atoms with van der Waals surface area (Å²) in [7, 11) is 0. The molecule has 0 saturated carbocycles. The summed E-state index contributed by atoms with van der Waals surface area (Å²) >= 11 is 1.81. The zero-order valence-electron chi connectivity index (χ0n) is 26.7. The molecule has 0 radical (unpaired) electrons. The van der Waals surface area contributed by atoms with Crippen molar-refractivity contribution in [3.05, 3.63) is 186 Å². The highest BCUT2D eigenvalue weighted by molar-refractivity contribution is 7.99. The number of rotatable bonds is 3. The molecule has 50 heavy (non-hydrogen) atoms. The molecule has 7 aromatic carbocycles. The second kappa shape index (κ2) is 11.1. The average Bonchev–Trinajstić information content (AvgIpc) is 3.48. The molecule has 0 fully saturated rings. The van der Waals surface area contributed by atoms with Gasteiger partial charge in [-0.3, -0.25) is 0 Å². The molecular formula is C45H26N4S. The fourth-order valence-corrected chi connectivity index (χ4v) is 9.13. The van der Waals surface area contributed by atoms with Gasteiger partial charge in [0, 0.05) is 26.5 Å². The van der Waals surface area contributed by atoms with Crippen molar-refractivity contribution >= 4 is 22.5 Å². The summed E-state index contributed by atoms with van der Waals surface area (Å²) in [5, 5.41) is 12.4. The maximum atomic E-state index is 10.2. The maximum Gasteiger partial charge on any atom is 0.164 e. The molecule has 1 spiro atoms. The Kier molecular flexibility index (Phi) is 6.36. The van der Waals surface area contributed by atoms with Gasteiger partial charge in [-0.05, 0) is 74.5 Å². The minimum atomic E-state index is -0.660. The molecule has 1 aliphatic carbocycles. The third-order valence-corrected chi connectivity index (χ3v) is 11.2. The van der Waals surface area contributed by atoms with Crippen LogP contribution in [0.4, 0.5) is 0 Å². The van der Waals surface area contributed by atoms with Crippen LogP contribution in [0.2, 0.25) is 0 Å². The zero-order chi connectivity index (χ0) is 33.2. The van der Waals surface area contributed by atoms with Crippen molar-refractivity contribution in [3.63, 3.8) is 0 Å². The molecule has 2 aliphatic rings. The monoisotopic (exact) mass is 654 g/mol. The van der Waals surface area contributed by atoms with Crippen LogP contribution in [0.3, 0.4) is 0 Å². The van der Waals surface area contributed by atoms with Crippen LogP contribution in [-0.2, 0) is 5.41 Å². The molecule has 0 bridgehead atoms. The van der Waals surface area contributed by atoms with Gasteiger partial charge < -0.3 is 0 Å². The highest BCUT2D eigenvalue weighted by Gasteiger charge is 2.51. The van der Waals surface area contributed by atoms with Gasteiger partial charge in [-0.25, -0.2) is 15.0 Å². The van der Waals surface area contributed by atoms with E-state index in [1.165, 1.54) is 32.0 Å². The second-order valence-electron chi connectivity index (χ2n) is 12.6. The summed E-state index contributed by atoms with van der Waals surface area (Å²) in [6, 6.07) is 57.2. The van der Waals surface area contributed by atoms with Crippen molar-refractivity contribution in [3.8, 4) is 51.4 Å². The minimum Gasteiger partial charge on any atom is -0.208 e. The number of benzene rings is 7. The summed E-state index contributed by atoms with van der Waals surface area (Å²) in [5.74, 6) is 1.87. The summed E-state index contributed by atoms with van der Waals surface area (Å²) in [4.78, 5) is 17.8. The molecule has 232 valence electrons. The molecule has 4 nitrogen and oxygen atoms in total. The SMILES string of the molecule is N#Cc1ccc2c(c1)C1(c3ccccc3Sc3ccccc31)c1cc(-c3nc(-c4ccccc4)nc(-c4ccccc4)n3)c3ccccc3c1-2. The lowest BCUT2D eigenvalue weighted by atomic mass is 9.66. The Bertz CT molecular complexity index is 2590.